The maximum Gasteiger partial charge on any atom is 0.251 e. The summed E-state index contributed by atoms with van der Waals surface area (Å²) in [6, 6.07) is 8.96. The van der Waals surface area contributed by atoms with Crippen LogP contribution in [0, 0.1) is 0 Å². The number of benzene rings is 1. The lowest BCUT2D eigenvalue weighted by atomic mass is 10.1. The Morgan fingerprint density at radius 1 is 1.11 bits per heavy atom. The third-order valence-corrected chi connectivity index (χ3v) is 3.06. The first kappa shape index (κ1) is 12.8. The molecule has 1 aromatic rings. The topological polar surface area (TPSA) is 47.6 Å². The molecule has 0 saturated carbocycles. The molecule has 0 unspecified atom stereocenters. The minimum absolute atomic E-state index is 0.107. The molecular formula is C14H17NO3. The number of methoxy groups -OCH3 is 2. The first-order chi connectivity index (χ1) is 8.76. The number of hydrogen-bond donors (Lipinski definition) is 1. The Bertz CT molecular complexity index is 430. The van der Waals surface area contributed by atoms with E-state index in [9.17, 15) is 4.79 Å². The van der Waals surface area contributed by atoms with Crippen molar-refractivity contribution in [3.8, 4) is 0 Å². The van der Waals surface area contributed by atoms with Gasteiger partial charge in [-0.2, -0.15) is 0 Å². The zero-order chi connectivity index (χ0) is 13.0. The second kappa shape index (κ2) is 5.80. The van der Waals surface area contributed by atoms with Crippen LogP contribution in [0.3, 0.4) is 0 Å². The van der Waals surface area contributed by atoms with Gasteiger partial charge < -0.3 is 14.8 Å². The largest absolute Gasteiger partial charge is 0.376 e. The SMILES string of the molecule is CO[C@H]1[C@H](NC(=O)c2ccccc2)C=C[C@H]1OC. The number of amides is 1. The van der Waals surface area contributed by atoms with Gasteiger partial charge in [-0.05, 0) is 12.1 Å². The van der Waals surface area contributed by atoms with E-state index in [2.05, 4.69) is 5.32 Å². The fourth-order valence-corrected chi connectivity index (χ4v) is 2.10. The number of nitrogens with one attached hydrogen (secondary N) is 1. The smallest absolute Gasteiger partial charge is 0.251 e. The van der Waals surface area contributed by atoms with Crippen molar-refractivity contribution < 1.29 is 14.3 Å². The van der Waals surface area contributed by atoms with Crippen molar-refractivity contribution in [1.29, 1.82) is 0 Å². The summed E-state index contributed by atoms with van der Waals surface area (Å²) in [5.41, 5.74) is 0.640. The van der Waals surface area contributed by atoms with Crippen LogP contribution in [-0.4, -0.2) is 38.4 Å². The molecule has 96 valence electrons. The minimum Gasteiger partial charge on any atom is -0.376 e. The molecule has 2 rings (SSSR count). The lowest BCUT2D eigenvalue weighted by Gasteiger charge is -2.23. The summed E-state index contributed by atoms with van der Waals surface area (Å²) in [6.07, 6.45) is 3.52. The monoisotopic (exact) mass is 247 g/mol. The van der Waals surface area contributed by atoms with Gasteiger partial charge in [-0.15, -0.1) is 0 Å². The minimum atomic E-state index is -0.178. The van der Waals surface area contributed by atoms with Crippen LogP contribution in [0.5, 0.6) is 0 Å². The van der Waals surface area contributed by atoms with Crippen molar-refractivity contribution in [2.24, 2.45) is 0 Å². The van der Waals surface area contributed by atoms with E-state index in [4.69, 9.17) is 9.47 Å². The number of rotatable bonds is 4. The van der Waals surface area contributed by atoms with Gasteiger partial charge in [-0.25, -0.2) is 0 Å². The number of carbonyl (C=O) groups excluding carboxylic acids is 1. The van der Waals surface area contributed by atoms with E-state index in [1.54, 1.807) is 26.4 Å². The van der Waals surface area contributed by atoms with E-state index in [-0.39, 0.29) is 24.2 Å². The molecule has 0 saturated heterocycles. The fourth-order valence-electron chi connectivity index (χ4n) is 2.10. The highest BCUT2D eigenvalue weighted by Crippen LogP contribution is 2.18. The number of hydrogen-bond acceptors (Lipinski definition) is 3. The molecule has 0 aliphatic heterocycles. The van der Waals surface area contributed by atoms with Gasteiger partial charge in [-0.1, -0.05) is 30.4 Å². The maximum absolute atomic E-state index is 12.0. The van der Waals surface area contributed by atoms with E-state index < -0.39 is 0 Å². The Labute approximate surface area is 107 Å². The van der Waals surface area contributed by atoms with E-state index in [1.807, 2.05) is 30.4 Å². The predicted molar refractivity (Wildman–Crippen MR) is 68.4 cm³/mol. The van der Waals surface area contributed by atoms with Crippen LogP contribution in [0.2, 0.25) is 0 Å². The third-order valence-electron chi connectivity index (χ3n) is 3.06. The summed E-state index contributed by atoms with van der Waals surface area (Å²) in [6.45, 7) is 0. The van der Waals surface area contributed by atoms with Crippen molar-refractivity contribution in [1.82, 2.24) is 5.32 Å². The van der Waals surface area contributed by atoms with Gasteiger partial charge in [0.15, 0.2) is 0 Å². The lowest BCUT2D eigenvalue weighted by Crippen LogP contribution is -2.44. The molecule has 0 fully saturated rings. The zero-order valence-electron chi connectivity index (χ0n) is 10.5. The van der Waals surface area contributed by atoms with Gasteiger partial charge in [0.2, 0.25) is 0 Å². The molecule has 0 spiro atoms. The predicted octanol–water partition coefficient (Wildman–Crippen LogP) is 1.38. The Morgan fingerprint density at radius 2 is 1.83 bits per heavy atom. The Kier molecular flexibility index (Phi) is 4.12. The second-order valence-electron chi connectivity index (χ2n) is 4.15. The van der Waals surface area contributed by atoms with E-state index in [0.29, 0.717) is 5.56 Å². The summed E-state index contributed by atoms with van der Waals surface area (Å²) in [4.78, 5) is 12.0. The maximum atomic E-state index is 12.0. The van der Waals surface area contributed by atoms with E-state index >= 15 is 0 Å². The van der Waals surface area contributed by atoms with Crippen LogP contribution in [0.25, 0.3) is 0 Å². The van der Waals surface area contributed by atoms with Gasteiger partial charge >= 0.3 is 0 Å². The summed E-state index contributed by atoms with van der Waals surface area (Å²) < 4.78 is 10.6. The fraction of sp³-hybridized carbons (Fsp3) is 0.357. The quantitative estimate of drug-likeness (QED) is 0.818. The van der Waals surface area contributed by atoms with E-state index in [0.717, 1.165) is 0 Å². The van der Waals surface area contributed by atoms with Gasteiger partial charge in [0, 0.05) is 19.8 Å². The molecule has 3 atom stereocenters. The summed E-state index contributed by atoms with van der Waals surface area (Å²) in [5, 5.41) is 2.93. The lowest BCUT2D eigenvalue weighted by molar-refractivity contribution is -0.0129. The molecule has 1 N–H and O–H groups in total. The Morgan fingerprint density at radius 3 is 2.44 bits per heavy atom. The summed E-state index contributed by atoms with van der Waals surface area (Å²) >= 11 is 0. The molecule has 1 amide bonds. The molecule has 0 aromatic heterocycles. The van der Waals surface area contributed by atoms with Crippen LogP contribution in [-0.2, 0) is 9.47 Å². The number of carbonyl (C=O) groups is 1. The van der Waals surface area contributed by atoms with Crippen LogP contribution >= 0.6 is 0 Å². The average Bonchev–Trinajstić information content (AvgIpc) is 2.81. The highest BCUT2D eigenvalue weighted by Gasteiger charge is 2.32. The molecule has 4 heteroatoms. The molecule has 1 aromatic carbocycles. The van der Waals surface area contributed by atoms with Crippen molar-refractivity contribution >= 4 is 5.91 Å². The van der Waals surface area contributed by atoms with Crippen molar-refractivity contribution in [3.63, 3.8) is 0 Å². The van der Waals surface area contributed by atoms with E-state index in [1.165, 1.54) is 0 Å². The van der Waals surface area contributed by atoms with Gasteiger partial charge in [-0.3, -0.25) is 4.79 Å². The van der Waals surface area contributed by atoms with Gasteiger partial charge in [0.05, 0.1) is 6.04 Å². The van der Waals surface area contributed by atoms with Crippen molar-refractivity contribution in [2.45, 2.75) is 18.2 Å². The normalized spacial score (nSPS) is 26.2. The third kappa shape index (κ3) is 2.60. The van der Waals surface area contributed by atoms with Crippen molar-refractivity contribution in [2.75, 3.05) is 14.2 Å². The Hall–Kier alpha value is -1.65. The summed E-state index contributed by atoms with van der Waals surface area (Å²) in [5.74, 6) is -0.107. The molecule has 0 radical (unpaired) electrons. The molecular weight excluding hydrogens is 230 g/mol. The highest BCUT2D eigenvalue weighted by atomic mass is 16.5. The first-order valence-electron chi connectivity index (χ1n) is 5.86. The first-order valence-corrected chi connectivity index (χ1v) is 5.86. The molecule has 0 heterocycles. The van der Waals surface area contributed by atoms with Crippen LogP contribution in [0.1, 0.15) is 10.4 Å². The van der Waals surface area contributed by atoms with Crippen LogP contribution < -0.4 is 5.32 Å². The van der Waals surface area contributed by atoms with Crippen LogP contribution in [0.4, 0.5) is 0 Å². The standard InChI is InChI=1S/C14H17NO3/c1-17-12-9-8-11(13(12)18-2)15-14(16)10-6-4-3-5-7-10/h3-9,11-13H,1-2H3,(H,15,16)/t11-,12-,13+/m1/s1. The Balaban J connectivity index is 2.02. The molecule has 1 aliphatic carbocycles. The summed E-state index contributed by atoms with van der Waals surface area (Å²) in [7, 11) is 3.24. The second-order valence-corrected chi connectivity index (χ2v) is 4.15. The number of ether oxygens (including phenoxy) is 2. The molecule has 4 nitrogen and oxygen atoms in total. The molecule has 0 bridgehead atoms. The molecule has 1 aliphatic rings. The van der Waals surface area contributed by atoms with Gasteiger partial charge in [0.25, 0.3) is 5.91 Å². The van der Waals surface area contributed by atoms with Crippen LogP contribution in [0.15, 0.2) is 42.5 Å². The average molecular weight is 247 g/mol. The van der Waals surface area contributed by atoms with Gasteiger partial charge in [0.1, 0.15) is 12.2 Å². The zero-order valence-corrected chi connectivity index (χ0v) is 10.5. The molecule has 18 heavy (non-hydrogen) atoms. The highest BCUT2D eigenvalue weighted by molar-refractivity contribution is 5.94. The van der Waals surface area contributed by atoms with Crippen molar-refractivity contribution in [3.05, 3.63) is 48.0 Å².